The van der Waals surface area contributed by atoms with Crippen molar-refractivity contribution in [3.05, 3.63) is 54.0 Å². The fourth-order valence-electron chi connectivity index (χ4n) is 1.70. The number of furan rings is 1. The minimum Gasteiger partial charge on any atom is -0.461 e. The van der Waals surface area contributed by atoms with Crippen molar-refractivity contribution >= 4 is 17.3 Å². The predicted molar refractivity (Wildman–Crippen MR) is 72.6 cm³/mol. The first-order chi connectivity index (χ1) is 9.16. The van der Waals surface area contributed by atoms with E-state index in [1.807, 2.05) is 12.1 Å². The van der Waals surface area contributed by atoms with E-state index in [-0.39, 0.29) is 11.6 Å². The topological polar surface area (TPSA) is 59.3 Å². The summed E-state index contributed by atoms with van der Waals surface area (Å²) in [6, 6.07) is 10.5. The number of Topliss-reactive ketones (excluding diaryl/α,β-unsaturated/α-hetero) is 2. The van der Waals surface area contributed by atoms with Crippen molar-refractivity contribution in [1.82, 2.24) is 0 Å². The van der Waals surface area contributed by atoms with Crippen molar-refractivity contribution in [3.63, 3.8) is 0 Å². The average molecular weight is 257 g/mol. The second-order valence-corrected chi connectivity index (χ2v) is 4.21. The molecule has 1 N–H and O–H groups in total. The minimum atomic E-state index is -0.0298. The highest BCUT2D eigenvalue weighted by atomic mass is 16.3. The number of carbonyl (C=O) groups excluding carboxylic acids is 2. The Morgan fingerprint density at radius 1 is 1.16 bits per heavy atom. The monoisotopic (exact) mass is 257 g/mol. The summed E-state index contributed by atoms with van der Waals surface area (Å²) in [6.07, 6.45) is 1.85. The first kappa shape index (κ1) is 13.1. The Morgan fingerprint density at radius 3 is 2.47 bits per heavy atom. The Bertz CT molecular complexity index is 556. The lowest BCUT2D eigenvalue weighted by Crippen LogP contribution is -2.08. The molecule has 2 rings (SSSR count). The van der Waals surface area contributed by atoms with Crippen molar-refractivity contribution in [3.8, 4) is 0 Å². The van der Waals surface area contributed by atoms with Crippen LogP contribution >= 0.6 is 0 Å². The van der Waals surface area contributed by atoms with Crippen LogP contribution in [0.4, 0.5) is 5.69 Å². The van der Waals surface area contributed by atoms with Crippen LogP contribution in [-0.4, -0.2) is 18.1 Å². The standard InChI is InChI=1S/C15H15NO3/c1-11(17)12-4-6-13(7-5-12)16-9-8-14(18)15-3-2-10-19-15/h2-7,10,16H,8-9H2,1H3. The van der Waals surface area contributed by atoms with Gasteiger partial charge in [-0.15, -0.1) is 0 Å². The number of hydrogen-bond donors (Lipinski definition) is 1. The third-order valence-electron chi connectivity index (χ3n) is 2.77. The van der Waals surface area contributed by atoms with Gasteiger partial charge in [0, 0.05) is 24.2 Å². The molecule has 0 unspecified atom stereocenters. The molecule has 19 heavy (non-hydrogen) atoms. The number of anilines is 1. The molecule has 0 saturated heterocycles. The Labute approximate surface area is 111 Å². The van der Waals surface area contributed by atoms with Crippen LogP contribution in [0.2, 0.25) is 0 Å². The van der Waals surface area contributed by atoms with Gasteiger partial charge in [0.05, 0.1) is 6.26 Å². The van der Waals surface area contributed by atoms with Crippen molar-refractivity contribution in [1.29, 1.82) is 0 Å². The lowest BCUT2D eigenvalue weighted by molar-refractivity contribution is 0.0959. The molecule has 0 aliphatic carbocycles. The van der Waals surface area contributed by atoms with Gasteiger partial charge in [-0.1, -0.05) is 0 Å². The molecule has 0 fully saturated rings. The summed E-state index contributed by atoms with van der Waals surface area (Å²) < 4.78 is 5.03. The van der Waals surface area contributed by atoms with E-state index >= 15 is 0 Å². The number of rotatable bonds is 6. The van der Waals surface area contributed by atoms with Gasteiger partial charge >= 0.3 is 0 Å². The van der Waals surface area contributed by atoms with Gasteiger partial charge in [-0.2, -0.15) is 0 Å². The van der Waals surface area contributed by atoms with Crippen LogP contribution in [0.5, 0.6) is 0 Å². The van der Waals surface area contributed by atoms with Gasteiger partial charge in [-0.3, -0.25) is 9.59 Å². The first-order valence-corrected chi connectivity index (χ1v) is 6.08. The summed E-state index contributed by atoms with van der Waals surface area (Å²) >= 11 is 0. The van der Waals surface area contributed by atoms with Gasteiger partial charge in [0.15, 0.2) is 17.3 Å². The van der Waals surface area contributed by atoms with E-state index in [4.69, 9.17) is 4.42 Å². The van der Waals surface area contributed by atoms with E-state index < -0.39 is 0 Å². The van der Waals surface area contributed by atoms with E-state index in [0.29, 0.717) is 24.3 Å². The van der Waals surface area contributed by atoms with Crippen LogP contribution < -0.4 is 5.32 Å². The van der Waals surface area contributed by atoms with Crippen LogP contribution in [0.15, 0.2) is 47.1 Å². The molecule has 0 amide bonds. The maximum atomic E-state index is 11.7. The molecule has 2 aromatic rings. The second kappa shape index (κ2) is 6.00. The molecule has 0 aliphatic rings. The van der Waals surface area contributed by atoms with Crippen molar-refractivity contribution in [2.75, 3.05) is 11.9 Å². The Balaban J connectivity index is 1.82. The molecular weight excluding hydrogens is 242 g/mol. The molecule has 98 valence electrons. The maximum Gasteiger partial charge on any atom is 0.199 e. The zero-order chi connectivity index (χ0) is 13.7. The third kappa shape index (κ3) is 3.55. The highest BCUT2D eigenvalue weighted by Gasteiger charge is 2.07. The predicted octanol–water partition coefficient (Wildman–Crippen LogP) is 3.17. The van der Waals surface area contributed by atoms with E-state index in [1.165, 1.54) is 13.2 Å². The fraction of sp³-hybridized carbons (Fsp3) is 0.200. The summed E-state index contributed by atoms with van der Waals surface area (Å²) in [5.74, 6) is 0.395. The lowest BCUT2D eigenvalue weighted by atomic mass is 10.1. The van der Waals surface area contributed by atoms with Crippen LogP contribution in [0.1, 0.15) is 34.3 Å². The highest BCUT2D eigenvalue weighted by Crippen LogP contribution is 2.10. The first-order valence-electron chi connectivity index (χ1n) is 6.08. The molecule has 0 bridgehead atoms. The van der Waals surface area contributed by atoms with Crippen molar-refractivity contribution < 1.29 is 14.0 Å². The van der Waals surface area contributed by atoms with Crippen LogP contribution in [-0.2, 0) is 0 Å². The summed E-state index contributed by atoms with van der Waals surface area (Å²) in [6.45, 7) is 2.06. The number of ketones is 2. The molecular formula is C15H15NO3. The molecule has 4 nitrogen and oxygen atoms in total. The van der Waals surface area contributed by atoms with E-state index in [1.54, 1.807) is 24.3 Å². The zero-order valence-corrected chi connectivity index (χ0v) is 10.7. The average Bonchev–Trinajstić information content (AvgIpc) is 2.93. The molecule has 0 aliphatic heterocycles. The van der Waals surface area contributed by atoms with Crippen LogP contribution in [0, 0.1) is 0 Å². The van der Waals surface area contributed by atoms with Crippen LogP contribution in [0.25, 0.3) is 0 Å². The minimum absolute atomic E-state index is 0.0298. The van der Waals surface area contributed by atoms with Crippen LogP contribution in [0.3, 0.4) is 0 Å². The Hall–Kier alpha value is -2.36. The second-order valence-electron chi connectivity index (χ2n) is 4.21. The van der Waals surface area contributed by atoms with Gasteiger partial charge < -0.3 is 9.73 Å². The third-order valence-corrected chi connectivity index (χ3v) is 2.77. The molecule has 0 atom stereocenters. The normalized spacial score (nSPS) is 10.2. The fourth-order valence-corrected chi connectivity index (χ4v) is 1.70. The Kier molecular flexibility index (Phi) is 4.13. The molecule has 1 heterocycles. The molecule has 1 aromatic heterocycles. The summed E-state index contributed by atoms with van der Waals surface area (Å²) in [7, 11) is 0. The molecule has 1 aromatic carbocycles. The van der Waals surface area contributed by atoms with Gasteiger partial charge in [0.1, 0.15) is 0 Å². The summed E-state index contributed by atoms with van der Waals surface area (Å²) in [5, 5.41) is 3.13. The lowest BCUT2D eigenvalue weighted by Gasteiger charge is -2.05. The van der Waals surface area contributed by atoms with E-state index in [9.17, 15) is 9.59 Å². The molecule has 0 radical (unpaired) electrons. The van der Waals surface area contributed by atoms with E-state index in [0.717, 1.165) is 5.69 Å². The molecule has 0 spiro atoms. The number of benzene rings is 1. The van der Waals surface area contributed by atoms with E-state index in [2.05, 4.69) is 5.32 Å². The SMILES string of the molecule is CC(=O)c1ccc(NCCC(=O)c2ccco2)cc1. The summed E-state index contributed by atoms with van der Waals surface area (Å²) in [4.78, 5) is 22.8. The largest absolute Gasteiger partial charge is 0.461 e. The molecule has 4 heteroatoms. The van der Waals surface area contributed by atoms with Crippen molar-refractivity contribution in [2.24, 2.45) is 0 Å². The molecule has 0 saturated carbocycles. The zero-order valence-electron chi connectivity index (χ0n) is 10.7. The maximum absolute atomic E-state index is 11.7. The Morgan fingerprint density at radius 2 is 1.89 bits per heavy atom. The summed E-state index contributed by atoms with van der Waals surface area (Å²) in [5.41, 5.74) is 1.56. The van der Waals surface area contributed by atoms with Gasteiger partial charge in [-0.25, -0.2) is 0 Å². The van der Waals surface area contributed by atoms with Gasteiger partial charge in [0.2, 0.25) is 0 Å². The smallest absolute Gasteiger partial charge is 0.199 e. The highest BCUT2D eigenvalue weighted by molar-refractivity contribution is 5.94. The number of hydrogen-bond acceptors (Lipinski definition) is 4. The van der Waals surface area contributed by atoms with Gasteiger partial charge in [0.25, 0.3) is 0 Å². The van der Waals surface area contributed by atoms with Crippen molar-refractivity contribution in [2.45, 2.75) is 13.3 Å². The number of nitrogens with one attached hydrogen (secondary N) is 1. The quantitative estimate of drug-likeness (QED) is 0.807. The van der Waals surface area contributed by atoms with Gasteiger partial charge in [-0.05, 0) is 43.3 Å². The number of carbonyl (C=O) groups is 2.